The number of hydrazine groups is 1. The molecule has 0 spiro atoms. The lowest BCUT2D eigenvalue weighted by Gasteiger charge is -2.30. The van der Waals surface area contributed by atoms with Crippen molar-refractivity contribution in [1.29, 1.82) is 0 Å². The van der Waals surface area contributed by atoms with Crippen LogP contribution in [0.1, 0.15) is 36.8 Å². The molecule has 3 aromatic carbocycles. The highest BCUT2D eigenvalue weighted by Crippen LogP contribution is 2.20. The fourth-order valence-corrected chi connectivity index (χ4v) is 5.33. The van der Waals surface area contributed by atoms with Crippen LogP contribution in [0.15, 0.2) is 76.1 Å². The Morgan fingerprint density at radius 1 is 0.971 bits per heavy atom. The van der Waals surface area contributed by atoms with Crippen molar-refractivity contribution in [2.45, 2.75) is 37.1 Å². The number of carbonyl (C=O) groups excluding carboxylic acids is 1. The third-order valence-electron chi connectivity index (χ3n) is 6.02. The third kappa shape index (κ3) is 6.11. The van der Waals surface area contributed by atoms with Crippen LogP contribution in [0.5, 0.6) is 0 Å². The molecule has 1 saturated heterocycles. The minimum Gasteiger partial charge on any atom is -0.382 e. The Balaban J connectivity index is 1.65. The van der Waals surface area contributed by atoms with Crippen LogP contribution in [0.2, 0.25) is 0 Å². The normalized spacial score (nSPS) is 15.1. The molecule has 0 aliphatic carbocycles. The van der Waals surface area contributed by atoms with Gasteiger partial charge in [-0.15, -0.1) is 4.83 Å². The predicted octanol–water partition coefficient (Wildman–Crippen LogP) is 4.39. The van der Waals surface area contributed by atoms with Crippen molar-refractivity contribution < 1.29 is 13.2 Å². The summed E-state index contributed by atoms with van der Waals surface area (Å²) in [7, 11) is -4.04. The van der Waals surface area contributed by atoms with Crippen LogP contribution in [-0.2, 0) is 16.6 Å². The Hall–Kier alpha value is -3.14. The number of nitrogens with two attached hydrogens (primary N) is 1. The van der Waals surface area contributed by atoms with Gasteiger partial charge in [0.15, 0.2) is 0 Å². The first-order valence-corrected chi connectivity index (χ1v) is 13.3. The van der Waals surface area contributed by atoms with E-state index in [4.69, 9.17) is 17.5 Å². The molecule has 3 aromatic rings. The first-order chi connectivity index (χ1) is 16.9. The number of nitrogens with zero attached hydrogens (tertiary/aromatic N) is 3. The maximum absolute atomic E-state index is 13.5. The zero-order valence-electron chi connectivity index (χ0n) is 19.2. The van der Waals surface area contributed by atoms with Gasteiger partial charge in [-0.3, -0.25) is 0 Å². The third-order valence-corrected chi connectivity index (χ3v) is 7.54. The highest BCUT2D eigenvalue weighted by Gasteiger charge is 2.27. The summed E-state index contributed by atoms with van der Waals surface area (Å²) in [5.74, 6) is 0.135. The van der Waals surface area contributed by atoms with Crippen LogP contribution >= 0.6 is 11.8 Å². The molecule has 184 valence electrons. The monoisotopic (exact) mass is 513 g/mol. The first-order valence-electron chi connectivity index (χ1n) is 11.5. The Morgan fingerprint density at radius 2 is 1.69 bits per heavy atom. The van der Waals surface area contributed by atoms with Gasteiger partial charge in [-0.1, -0.05) is 61.4 Å². The Bertz CT molecular complexity index is 1340. The molecule has 8 nitrogen and oxygen atoms in total. The molecule has 0 unspecified atom stereocenters. The molecular weight excluding hydrogens is 486 g/mol. The molecule has 1 aliphatic rings. The van der Waals surface area contributed by atoms with Gasteiger partial charge in [-0.2, -0.15) is 4.51 Å². The van der Waals surface area contributed by atoms with Crippen molar-refractivity contribution in [2.24, 2.45) is 10.2 Å². The molecule has 0 bridgehead atoms. The second-order valence-electron chi connectivity index (χ2n) is 8.54. The molecule has 0 atom stereocenters. The fourth-order valence-electron chi connectivity index (χ4n) is 4.16. The van der Waals surface area contributed by atoms with Crippen LogP contribution in [-0.4, -0.2) is 43.3 Å². The molecule has 3 N–H and O–H groups in total. The molecular formula is C25H28ClN5O3S. The van der Waals surface area contributed by atoms with E-state index >= 15 is 0 Å². The van der Waals surface area contributed by atoms with Crippen molar-refractivity contribution in [3.63, 3.8) is 0 Å². The van der Waals surface area contributed by atoms with Gasteiger partial charge in [0.05, 0.1) is 11.4 Å². The molecule has 35 heavy (non-hydrogen) atoms. The summed E-state index contributed by atoms with van der Waals surface area (Å²) in [6, 6.07) is 19.0. The molecule has 0 radical (unpaired) electrons. The van der Waals surface area contributed by atoms with E-state index in [9.17, 15) is 13.2 Å². The lowest BCUT2D eigenvalue weighted by Crippen LogP contribution is -2.51. The topological polar surface area (TPSA) is 108 Å². The van der Waals surface area contributed by atoms with Crippen molar-refractivity contribution in [3.8, 4) is 0 Å². The summed E-state index contributed by atoms with van der Waals surface area (Å²) in [4.78, 5) is 17.8. The Morgan fingerprint density at radius 3 is 2.40 bits per heavy atom. The number of rotatable bonds is 6. The minimum atomic E-state index is -4.04. The van der Waals surface area contributed by atoms with Gasteiger partial charge in [0.2, 0.25) is 0 Å². The van der Waals surface area contributed by atoms with Crippen LogP contribution < -0.4 is 10.6 Å². The maximum Gasteiger partial charge on any atom is 0.335 e. The fraction of sp³-hybridized carbons (Fsp3) is 0.280. The second-order valence-corrected chi connectivity index (χ2v) is 10.4. The van der Waals surface area contributed by atoms with Gasteiger partial charge >= 0.3 is 6.03 Å². The van der Waals surface area contributed by atoms with Gasteiger partial charge in [-0.05, 0) is 47.4 Å². The van der Waals surface area contributed by atoms with E-state index in [1.54, 1.807) is 41.3 Å². The Kier molecular flexibility index (Phi) is 7.90. The van der Waals surface area contributed by atoms with E-state index in [1.807, 2.05) is 24.3 Å². The van der Waals surface area contributed by atoms with Gasteiger partial charge in [0.1, 0.15) is 5.84 Å². The number of halogens is 1. The standard InChI is InChI=1S/C25H28ClN5O3S/c26-28-24(27)22-11-7-8-19(16-22)18-31(25(32)30-14-5-1-2-6-15-30)29-35(33,34)23-13-12-20-9-3-4-10-21(20)17-23/h3-4,7-13,16-17,29H,1-2,5-6,14-15,18H2,(H2,27,28). The number of hydrogen-bond acceptors (Lipinski definition) is 4. The number of amidine groups is 1. The van der Waals surface area contributed by atoms with E-state index < -0.39 is 10.0 Å². The quantitative estimate of drug-likeness (QED) is 0.289. The van der Waals surface area contributed by atoms with Crippen LogP contribution in [0.25, 0.3) is 10.8 Å². The zero-order chi connectivity index (χ0) is 24.8. The van der Waals surface area contributed by atoms with Gasteiger partial charge in [-0.25, -0.2) is 18.2 Å². The summed E-state index contributed by atoms with van der Waals surface area (Å²) in [6.45, 7) is 1.17. The summed E-state index contributed by atoms with van der Waals surface area (Å²) < 4.78 is 30.2. The molecule has 2 amide bonds. The average Bonchev–Trinajstić information content (AvgIpc) is 3.17. The zero-order valence-corrected chi connectivity index (χ0v) is 20.8. The number of sulfonamides is 1. The summed E-state index contributed by atoms with van der Waals surface area (Å²) in [5.41, 5.74) is 7.09. The first kappa shape index (κ1) is 25.0. The van der Waals surface area contributed by atoms with E-state index in [2.05, 4.69) is 9.34 Å². The molecule has 0 aromatic heterocycles. The smallest absolute Gasteiger partial charge is 0.335 e. The number of benzene rings is 3. The summed E-state index contributed by atoms with van der Waals surface area (Å²) in [6.07, 6.45) is 3.86. The van der Waals surface area contributed by atoms with Gasteiger partial charge < -0.3 is 10.6 Å². The summed E-state index contributed by atoms with van der Waals surface area (Å²) in [5, 5.41) is 2.88. The number of nitrogens with one attached hydrogen (secondary N) is 1. The maximum atomic E-state index is 13.5. The lowest BCUT2D eigenvalue weighted by atomic mass is 10.1. The average molecular weight is 514 g/mol. The van der Waals surface area contributed by atoms with E-state index in [0.29, 0.717) is 24.2 Å². The van der Waals surface area contributed by atoms with E-state index in [-0.39, 0.29) is 23.3 Å². The molecule has 0 saturated carbocycles. The van der Waals surface area contributed by atoms with Gasteiger partial charge in [0.25, 0.3) is 10.0 Å². The van der Waals surface area contributed by atoms with E-state index in [0.717, 1.165) is 41.5 Å². The second kappa shape index (κ2) is 11.1. The van der Waals surface area contributed by atoms with Crippen molar-refractivity contribution in [3.05, 3.63) is 77.9 Å². The van der Waals surface area contributed by atoms with Crippen LogP contribution in [0.4, 0.5) is 4.79 Å². The highest BCUT2D eigenvalue weighted by molar-refractivity contribution is 7.89. The largest absolute Gasteiger partial charge is 0.382 e. The number of fused-ring (bicyclic) bond motifs is 1. The molecule has 1 aliphatic heterocycles. The SMILES string of the molecule is N/C(=N\Cl)c1cccc(CN(NS(=O)(=O)c2ccc3ccccc3c2)C(=O)N2CCCCCC2)c1. The van der Waals surface area contributed by atoms with Crippen LogP contribution in [0.3, 0.4) is 0 Å². The van der Waals surface area contributed by atoms with Crippen molar-refractivity contribution >= 4 is 44.4 Å². The van der Waals surface area contributed by atoms with Gasteiger partial charge in [0, 0.05) is 30.4 Å². The van der Waals surface area contributed by atoms with E-state index in [1.165, 1.54) is 6.07 Å². The number of amides is 2. The van der Waals surface area contributed by atoms with Crippen molar-refractivity contribution in [2.75, 3.05) is 13.1 Å². The number of urea groups is 1. The molecule has 1 heterocycles. The highest BCUT2D eigenvalue weighted by atomic mass is 35.5. The van der Waals surface area contributed by atoms with Crippen molar-refractivity contribution in [1.82, 2.24) is 14.7 Å². The summed E-state index contributed by atoms with van der Waals surface area (Å²) >= 11 is 5.51. The molecule has 10 heteroatoms. The number of likely N-dealkylation sites (tertiary alicyclic amines) is 1. The number of carbonyl (C=O) groups is 1. The van der Waals surface area contributed by atoms with Crippen LogP contribution in [0, 0.1) is 0 Å². The molecule has 4 rings (SSSR count). The predicted molar refractivity (Wildman–Crippen MR) is 138 cm³/mol. The number of hydrogen-bond donors (Lipinski definition) is 2. The Labute approximate surface area is 210 Å². The minimum absolute atomic E-state index is 0.00551. The molecule has 1 fully saturated rings. The lowest BCUT2D eigenvalue weighted by molar-refractivity contribution is 0.142.